The third kappa shape index (κ3) is 14.9. The Morgan fingerprint density at radius 3 is 0.884 bits per heavy atom. The van der Waals surface area contributed by atoms with Gasteiger partial charge in [0.2, 0.25) is 0 Å². The van der Waals surface area contributed by atoms with Crippen LogP contribution in [0.5, 0.6) is 0 Å². The number of hydrogen-bond donors (Lipinski definition) is 2. The molecule has 0 saturated carbocycles. The van der Waals surface area contributed by atoms with Crippen LogP contribution in [0, 0.1) is 0 Å². The molecular weight excluding hydrogens is 586 g/mol. The number of rotatable bonds is 10. The van der Waals surface area contributed by atoms with E-state index in [9.17, 15) is 19.8 Å². The van der Waals surface area contributed by atoms with Gasteiger partial charge in [-0.2, -0.15) is 0 Å². The third-order valence-electron chi connectivity index (χ3n) is 5.55. The molecular formula is C38H32O4Zn. The molecule has 0 aromatic heterocycles. The smallest absolute Gasteiger partial charge is 0.182 e. The van der Waals surface area contributed by atoms with Gasteiger partial charge in [-0.1, -0.05) is 146 Å². The number of aliphatic hydroxyl groups excluding tert-OH is 2. The Morgan fingerprint density at radius 1 is 0.395 bits per heavy atom. The van der Waals surface area contributed by atoms with Crippen LogP contribution in [-0.4, -0.2) is 21.8 Å². The van der Waals surface area contributed by atoms with E-state index < -0.39 is 0 Å². The summed E-state index contributed by atoms with van der Waals surface area (Å²) in [6.07, 6.45) is 15.2. The average Bonchev–Trinajstić information content (AvgIpc) is 3.03. The van der Waals surface area contributed by atoms with E-state index in [0.717, 1.165) is 22.3 Å². The Kier molecular flexibility index (Phi) is 15.8. The second-order valence-corrected chi connectivity index (χ2v) is 8.92. The first kappa shape index (κ1) is 34.1. The van der Waals surface area contributed by atoms with E-state index in [1.807, 2.05) is 121 Å². The number of allylic oxidation sites excluding steroid dienone is 6. The van der Waals surface area contributed by atoms with Crippen molar-refractivity contribution in [2.45, 2.75) is 0 Å². The van der Waals surface area contributed by atoms with Crippen molar-refractivity contribution in [2.24, 2.45) is 0 Å². The van der Waals surface area contributed by atoms with Gasteiger partial charge in [-0.05, 0) is 46.6 Å². The number of hydrogen-bond acceptors (Lipinski definition) is 4. The minimum atomic E-state index is -0.255. The third-order valence-corrected chi connectivity index (χ3v) is 5.55. The summed E-state index contributed by atoms with van der Waals surface area (Å²) in [7, 11) is 0. The molecule has 0 heterocycles. The molecule has 0 bridgehead atoms. The van der Waals surface area contributed by atoms with Gasteiger partial charge in [0.1, 0.15) is 11.5 Å². The van der Waals surface area contributed by atoms with Gasteiger partial charge in [-0.3, -0.25) is 9.59 Å². The molecule has 0 aliphatic carbocycles. The van der Waals surface area contributed by atoms with E-state index in [1.54, 1.807) is 24.3 Å². The summed E-state index contributed by atoms with van der Waals surface area (Å²) in [6.45, 7) is 0. The predicted molar refractivity (Wildman–Crippen MR) is 173 cm³/mol. The molecule has 0 saturated heterocycles. The summed E-state index contributed by atoms with van der Waals surface area (Å²) in [5, 5.41) is 19.4. The second kappa shape index (κ2) is 19.9. The largest absolute Gasteiger partial charge is 0.508 e. The molecule has 43 heavy (non-hydrogen) atoms. The van der Waals surface area contributed by atoms with E-state index in [2.05, 4.69) is 0 Å². The normalized spacial score (nSPS) is 11.8. The Balaban J connectivity index is 0.000000293. The Labute approximate surface area is 265 Å². The van der Waals surface area contributed by atoms with Gasteiger partial charge < -0.3 is 10.2 Å². The molecule has 2 N–H and O–H groups in total. The maximum absolute atomic E-state index is 11.7. The van der Waals surface area contributed by atoms with Crippen molar-refractivity contribution in [3.05, 3.63) is 192 Å². The van der Waals surface area contributed by atoms with Crippen LogP contribution in [0.25, 0.3) is 24.3 Å². The van der Waals surface area contributed by atoms with Crippen LogP contribution in [0.1, 0.15) is 22.3 Å². The maximum atomic E-state index is 11.7. The molecule has 0 fully saturated rings. The molecule has 0 radical (unpaired) electrons. The summed E-state index contributed by atoms with van der Waals surface area (Å²) in [5.74, 6) is -0.647. The van der Waals surface area contributed by atoms with Crippen LogP contribution < -0.4 is 0 Å². The first-order valence-corrected chi connectivity index (χ1v) is 13.3. The van der Waals surface area contributed by atoms with E-state index in [0.29, 0.717) is 0 Å². The van der Waals surface area contributed by atoms with Crippen LogP contribution >= 0.6 is 0 Å². The van der Waals surface area contributed by atoms with E-state index >= 15 is 0 Å². The fourth-order valence-corrected chi connectivity index (χ4v) is 3.46. The zero-order valence-electron chi connectivity index (χ0n) is 23.7. The molecule has 4 nitrogen and oxygen atoms in total. The van der Waals surface area contributed by atoms with Crippen LogP contribution in [0.2, 0.25) is 0 Å². The summed E-state index contributed by atoms with van der Waals surface area (Å²) in [4.78, 5) is 23.4. The molecule has 4 rings (SSSR count). The standard InChI is InChI=1S/2C19H16O2.Zn/c2*20-18(13-11-16-7-3-1-4-8-16)15-19(21)14-12-17-9-5-2-6-10-17;/h2*1-15,20H;/b2*13-11+,14-12+,18-15-;. The van der Waals surface area contributed by atoms with Crippen molar-refractivity contribution in [3.8, 4) is 0 Å². The van der Waals surface area contributed by atoms with Gasteiger partial charge in [0.15, 0.2) is 11.6 Å². The Morgan fingerprint density at radius 2 is 0.628 bits per heavy atom. The average molecular weight is 618 g/mol. The van der Waals surface area contributed by atoms with Gasteiger partial charge in [-0.15, -0.1) is 0 Å². The van der Waals surface area contributed by atoms with Gasteiger partial charge in [0.05, 0.1) is 0 Å². The second-order valence-electron chi connectivity index (χ2n) is 8.92. The molecule has 210 valence electrons. The van der Waals surface area contributed by atoms with Crippen LogP contribution in [0.3, 0.4) is 0 Å². The molecule has 0 aliphatic heterocycles. The predicted octanol–water partition coefficient (Wildman–Crippen LogP) is 8.85. The van der Waals surface area contributed by atoms with Crippen LogP contribution in [0.15, 0.2) is 169 Å². The number of aliphatic hydroxyl groups is 2. The number of ketones is 2. The molecule has 0 amide bonds. The summed E-state index contributed by atoms with van der Waals surface area (Å²) in [5.41, 5.74) is 3.81. The summed E-state index contributed by atoms with van der Waals surface area (Å²) >= 11 is 0. The zero-order chi connectivity index (χ0) is 29.8. The Bertz CT molecular complexity index is 1460. The first-order chi connectivity index (χ1) is 20.5. The van der Waals surface area contributed by atoms with E-state index in [4.69, 9.17) is 0 Å². The zero-order valence-corrected chi connectivity index (χ0v) is 26.7. The van der Waals surface area contributed by atoms with Crippen molar-refractivity contribution in [3.63, 3.8) is 0 Å². The molecule has 4 aromatic rings. The fourth-order valence-electron chi connectivity index (χ4n) is 3.46. The summed E-state index contributed by atoms with van der Waals surface area (Å²) < 4.78 is 0. The molecule has 0 atom stereocenters. The SMILES string of the molecule is O=C(/C=C(O)/C=C/c1ccccc1)/C=C/c1ccccc1.O=C(/C=C(O)/C=C/c1ccccc1)/C=C/c1ccccc1.[Zn]. The van der Waals surface area contributed by atoms with Crippen molar-refractivity contribution < 1.29 is 39.3 Å². The van der Waals surface area contributed by atoms with Gasteiger partial charge in [0, 0.05) is 31.6 Å². The molecule has 0 spiro atoms. The van der Waals surface area contributed by atoms with Gasteiger partial charge in [0.25, 0.3) is 0 Å². The molecule has 4 aromatic carbocycles. The number of carbonyl (C=O) groups excluding carboxylic acids is 2. The van der Waals surface area contributed by atoms with E-state index in [1.165, 1.54) is 36.5 Å². The van der Waals surface area contributed by atoms with Crippen LogP contribution in [-0.2, 0) is 29.1 Å². The Hall–Kier alpha value is -5.12. The number of carbonyl (C=O) groups is 2. The first-order valence-electron chi connectivity index (χ1n) is 13.3. The number of benzene rings is 4. The van der Waals surface area contributed by atoms with Crippen LogP contribution in [0.4, 0.5) is 0 Å². The topological polar surface area (TPSA) is 74.6 Å². The molecule has 0 unspecified atom stereocenters. The monoisotopic (exact) mass is 616 g/mol. The van der Waals surface area contributed by atoms with Crippen molar-refractivity contribution >= 4 is 35.9 Å². The van der Waals surface area contributed by atoms with Crippen molar-refractivity contribution in [1.82, 2.24) is 0 Å². The fraction of sp³-hybridized carbons (Fsp3) is 0. The van der Waals surface area contributed by atoms with Gasteiger partial charge in [-0.25, -0.2) is 0 Å². The van der Waals surface area contributed by atoms with Gasteiger partial charge >= 0.3 is 0 Å². The maximum Gasteiger partial charge on any atom is 0.182 e. The molecule has 0 aliphatic rings. The quantitative estimate of drug-likeness (QED) is 0.0807. The van der Waals surface area contributed by atoms with Crippen molar-refractivity contribution in [1.29, 1.82) is 0 Å². The minimum absolute atomic E-state index is 0. The summed E-state index contributed by atoms with van der Waals surface area (Å²) in [6, 6.07) is 38.2. The van der Waals surface area contributed by atoms with Crippen molar-refractivity contribution in [2.75, 3.05) is 0 Å². The minimum Gasteiger partial charge on any atom is -0.508 e. The van der Waals surface area contributed by atoms with E-state index in [-0.39, 0.29) is 42.6 Å². The molecule has 5 heteroatoms.